The molecule has 4 heteroatoms. The van der Waals surface area contributed by atoms with Crippen LogP contribution in [-0.2, 0) is 27.2 Å². The molecule has 18 heavy (non-hydrogen) atoms. The highest BCUT2D eigenvalue weighted by Crippen LogP contribution is 2.26. The van der Waals surface area contributed by atoms with Crippen molar-refractivity contribution in [1.29, 1.82) is 0 Å². The van der Waals surface area contributed by atoms with Crippen molar-refractivity contribution in [3.8, 4) is 0 Å². The number of amides is 1. The van der Waals surface area contributed by atoms with E-state index in [4.69, 9.17) is 0 Å². The second kappa shape index (κ2) is 5.67. The standard InChI is InChI=1S/C14H17NO3/c1-18-13(16)6-7-15-14(17)12-8-10-4-2-3-5-11(10)9-12/h2-5,12H,6-9H2,1H3,(H,15,17). The highest BCUT2D eigenvalue weighted by molar-refractivity contribution is 5.80. The first kappa shape index (κ1) is 12.6. The van der Waals surface area contributed by atoms with E-state index in [1.807, 2.05) is 12.1 Å². The van der Waals surface area contributed by atoms with E-state index in [1.165, 1.54) is 18.2 Å². The molecule has 0 saturated carbocycles. The van der Waals surface area contributed by atoms with E-state index in [1.54, 1.807) is 0 Å². The molecule has 1 aliphatic rings. The maximum Gasteiger partial charge on any atom is 0.307 e. The first-order chi connectivity index (χ1) is 8.70. The highest BCUT2D eigenvalue weighted by atomic mass is 16.5. The lowest BCUT2D eigenvalue weighted by molar-refractivity contribution is -0.140. The van der Waals surface area contributed by atoms with Gasteiger partial charge in [0.1, 0.15) is 0 Å². The Morgan fingerprint density at radius 3 is 2.44 bits per heavy atom. The maximum absolute atomic E-state index is 11.9. The van der Waals surface area contributed by atoms with E-state index in [9.17, 15) is 9.59 Å². The summed E-state index contributed by atoms with van der Waals surface area (Å²) in [5.41, 5.74) is 2.51. The third-order valence-electron chi connectivity index (χ3n) is 3.28. The number of hydrogen-bond acceptors (Lipinski definition) is 3. The van der Waals surface area contributed by atoms with Crippen LogP contribution < -0.4 is 5.32 Å². The zero-order valence-electron chi connectivity index (χ0n) is 10.4. The predicted octanol–water partition coefficient (Wildman–Crippen LogP) is 1.08. The van der Waals surface area contributed by atoms with Crippen molar-refractivity contribution in [2.75, 3.05) is 13.7 Å². The molecule has 1 aliphatic carbocycles. The normalized spacial score (nSPS) is 14.1. The summed E-state index contributed by atoms with van der Waals surface area (Å²) in [4.78, 5) is 22.8. The molecule has 0 unspecified atom stereocenters. The number of methoxy groups -OCH3 is 1. The molecule has 2 rings (SSSR count). The number of ether oxygens (including phenoxy) is 1. The minimum atomic E-state index is -0.301. The van der Waals surface area contributed by atoms with Gasteiger partial charge in [0.15, 0.2) is 0 Å². The zero-order chi connectivity index (χ0) is 13.0. The van der Waals surface area contributed by atoms with Crippen molar-refractivity contribution in [2.45, 2.75) is 19.3 Å². The van der Waals surface area contributed by atoms with Crippen molar-refractivity contribution in [1.82, 2.24) is 5.32 Å². The van der Waals surface area contributed by atoms with Crippen LogP contribution >= 0.6 is 0 Å². The molecule has 0 bridgehead atoms. The Bertz CT molecular complexity index is 431. The van der Waals surface area contributed by atoms with Gasteiger partial charge < -0.3 is 10.1 Å². The van der Waals surface area contributed by atoms with Gasteiger partial charge in [-0.3, -0.25) is 9.59 Å². The lowest BCUT2D eigenvalue weighted by Crippen LogP contribution is -2.32. The summed E-state index contributed by atoms with van der Waals surface area (Å²) in [6.45, 7) is 0.346. The van der Waals surface area contributed by atoms with Crippen molar-refractivity contribution < 1.29 is 14.3 Å². The summed E-state index contributed by atoms with van der Waals surface area (Å²) in [6.07, 6.45) is 1.81. The number of benzene rings is 1. The third-order valence-corrected chi connectivity index (χ3v) is 3.28. The molecule has 0 atom stereocenters. The van der Waals surface area contributed by atoms with Gasteiger partial charge in [0, 0.05) is 12.5 Å². The van der Waals surface area contributed by atoms with Crippen molar-refractivity contribution in [3.63, 3.8) is 0 Å². The average molecular weight is 247 g/mol. The van der Waals surface area contributed by atoms with Crippen LogP contribution in [0.1, 0.15) is 17.5 Å². The first-order valence-electron chi connectivity index (χ1n) is 6.12. The summed E-state index contributed by atoms with van der Waals surface area (Å²) >= 11 is 0. The summed E-state index contributed by atoms with van der Waals surface area (Å²) in [6, 6.07) is 8.13. The minimum Gasteiger partial charge on any atom is -0.469 e. The Labute approximate surface area is 106 Å². The van der Waals surface area contributed by atoms with Crippen molar-refractivity contribution in [3.05, 3.63) is 35.4 Å². The summed E-state index contributed by atoms with van der Waals surface area (Å²) in [5, 5.41) is 2.78. The van der Waals surface area contributed by atoms with Gasteiger partial charge >= 0.3 is 5.97 Å². The topological polar surface area (TPSA) is 55.4 Å². The molecule has 0 fully saturated rings. The number of hydrogen-bond donors (Lipinski definition) is 1. The number of nitrogens with one attached hydrogen (secondary N) is 1. The van der Waals surface area contributed by atoms with E-state index in [-0.39, 0.29) is 24.2 Å². The quantitative estimate of drug-likeness (QED) is 0.810. The fraction of sp³-hybridized carbons (Fsp3) is 0.429. The van der Waals surface area contributed by atoms with Gasteiger partial charge in [-0.25, -0.2) is 0 Å². The number of esters is 1. The Morgan fingerprint density at radius 2 is 1.89 bits per heavy atom. The van der Waals surface area contributed by atoms with E-state index < -0.39 is 0 Å². The summed E-state index contributed by atoms with van der Waals surface area (Å²) < 4.78 is 4.52. The lowest BCUT2D eigenvalue weighted by Gasteiger charge is -2.09. The molecule has 1 aromatic rings. The smallest absolute Gasteiger partial charge is 0.307 e. The van der Waals surface area contributed by atoms with Gasteiger partial charge in [0.2, 0.25) is 5.91 Å². The lowest BCUT2D eigenvalue weighted by atomic mass is 10.1. The summed E-state index contributed by atoms with van der Waals surface area (Å²) in [7, 11) is 1.35. The molecule has 0 spiro atoms. The predicted molar refractivity (Wildman–Crippen MR) is 67.0 cm³/mol. The minimum absolute atomic E-state index is 0.0000435. The molecule has 1 amide bonds. The SMILES string of the molecule is COC(=O)CCNC(=O)C1Cc2ccccc2C1. The van der Waals surface area contributed by atoms with E-state index in [0.29, 0.717) is 6.54 Å². The van der Waals surface area contributed by atoms with E-state index >= 15 is 0 Å². The first-order valence-corrected chi connectivity index (χ1v) is 6.12. The van der Waals surface area contributed by atoms with Crippen LogP contribution in [0.15, 0.2) is 24.3 Å². The fourth-order valence-electron chi connectivity index (χ4n) is 2.28. The van der Waals surface area contributed by atoms with Crippen LogP contribution in [0.5, 0.6) is 0 Å². The fourth-order valence-corrected chi connectivity index (χ4v) is 2.28. The summed E-state index contributed by atoms with van der Waals surface area (Å²) in [5.74, 6) is -0.278. The molecule has 0 saturated heterocycles. The monoisotopic (exact) mass is 247 g/mol. The Hall–Kier alpha value is -1.84. The van der Waals surface area contributed by atoms with Crippen molar-refractivity contribution in [2.24, 2.45) is 5.92 Å². The van der Waals surface area contributed by atoms with E-state index in [0.717, 1.165) is 12.8 Å². The molecule has 1 N–H and O–H groups in total. The zero-order valence-corrected chi connectivity index (χ0v) is 10.4. The van der Waals surface area contributed by atoms with Crippen molar-refractivity contribution >= 4 is 11.9 Å². The molecular weight excluding hydrogens is 230 g/mol. The molecule has 0 aliphatic heterocycles. The number of carbonyl (C=O) groups excluding carboxylic acids is 2. The van der Waals surface area contributed by atoms with Gasteiger partial charge in [-0.1, -0.05) is 24.3 Å². The molecule has 1 aromatic carbocycles. The number of fused-ring (bicyclic) bond motifs is 1. The number of carbonyl (C=O) groups is 2. The second-order valence-corrected chi connectivity index (χ2v) is 4.49. The van der Waals surface area contributed by atoms with Crippen LogP contribution in [-0.4, -0.2) is 25.5 Å². The second-order valence-electron chi connectivity index (χ2n) is 4.49. The molecule has 0 aromatic heterocycles. The van der Waals surface area contributed by atoms with Gasteiger partial charge in [0.25, 0.3) is 0 Å². The van der Waals surface area contributed by atoms with Gasteiger partial charge in [-0.2, -0.15) is 0 Å². The maximum atomic E-state index is 11.9. The molecule has 96 valence electrons. The average Bonchev–Trinajstić information content (AvgIpc) is 2.82. The van der Waals surface area contributed by atoms with Gasteiger partial charge in [-0.15, -0.1) is 0 Å². The van der Waals surface area contributed by atoms with Gasteiger partial charge in [-0.05, 0) is 24.0 Å². The van der Waals surface area contributed by atoms with Crippen LogP contribution in [0.2, 0.25) is 0 Å². The van der Waals surface area contributed by atoms with Crippen LogP contribution in [0.4, 0.5) is 0 Å². The Morgan fingerprint density at radius 1 is 1.28 bits per heavy atom. The Balaban J connectivity index is 1.81. The Kier molecular flexibility index (Phi) is 3.97. The van der Waals surface area contributed by atoms with Crippen LogP contribution in [0, 0.1) is 5.92 Å². The van der Waals surface area contributed by atoms with Crippen LogP contribution in [0.3, 0.4) is 0 Å². The third kappa shape index (κ3) is 2.88. The highest BCUT2D eigenvalue weighted by Gasteiger charge is 2.26. The van der Waals surface area contributed by atoms with E-state index in [2.05, 4.69) is 22.2 Å². The molecular formula is C14H17NO3. The van der Waals surface area contributed by atoms with Gasteiger partial charge in [0.05, 0.1) is 13.5 Å². The molecule has 0 heterocycles. The number of rotatable bonds is 4. The molecule has 0 radical (unpaired) electrons. The largest absolute Gasteiger partial charge is 0.469 e. The molecule has 4 nitrogen and oxygen atoms in total. The van der Waals surface area contributed by atoms with Crippen LogP contribution in [0.25, 0.3) is 0 Å².